The summed E-state index contributed by atoms with van der Waals surface area (Å²) in [7, 11) is 0. The molecule has 0 spiro atoms. The van der Waals surface area contributed by atoms with Crippen LogP contribution in [0.25, 0.3) is 0 Å². The van der Waals surface area contributed by atoms with Crippen molar-refractivity contribution in [3.63, 3.8) is 0 Å². The van der Waals surface area contributed by atoms with Gasteiger partial charge in [0, 0.05) is 36.9 Å². The molecule has 3 rings (SSSR count). The number of carbonyl (C=O) groups is 1. The number of rotatable bonds is 5. The van der Waals surface area contributed by atoms with Crippen molar-refractivity contribution in [1.82, 2.24) is 4.90 Å². The minimum Gasteiger partial charge on any atom is -0.484 e. The van der Waals surface area contributed by atoms with Gasteiger partial charge in [0.05, 0.1) is 0 Å². The van der Waals surface area contributed by atoms with Gasteiger partial charge in [-0.3, -0.25) is 4.79 Å². The maximum Gasteiger partial charge on any atom is 0.260 e. The molecule has 1 saturated heterocycles. The minimum absolute atomic E-state index is 0.0279. The Hall–Kier alpha value is -2.20. The molecule has 4 nitrogen and oxygen atoms in total. The molecule has 0 unspecified atom stereocenters. The monoisotopic (exact) mass is 372 g/mol. The quantitative estimate of drug-likeness (QED) is 0.797. The molecule has 138 valence electrons. The SMILES string of the molecule is CCc1cccc(C)c1N1CCN(C(=O)COc2ccc(Cl)cc2)CC1. The predicted octanol–water partition coefficient (Wildman–Crippen LogP) is 3.94. The van der Waals surface area contributed by atoms with Crippen LogP contribution in [0.1, 0.15) is 18.1 Å². The number of halogens is 1. The molecule has 0 saturated carbocycles. The van der Waals surface area contributed by atoms with Crippen LogP contribution in [-0.4, -0.2) is 43.6 Å². The molecule has 1 aliphatic rings. The van der Waals surface area contributed by atoms with Crippen LogP contribution in [0.3, 0.4) is 0 Å². The molecular weight excluding hydrogens is 348 g/mol. The van der Waals surface area contributed by atoms with Gasteiger partial charge in [-0.25, -0.2) is 0 Å². The molecule has 0 aliphatic carbocycles. The second kappa shape index (κ2) is 8.45. The maximum atomic E-state index is 12.4. The van der Waals surface area contributed by atoms with E-state index >= 15 is 0 Å². The van der Waals surface area contributed by atoms with Crippen molar-refractivity contribution in [1.29, 1.82) is 0 Å². The largest absolute Gasteiger partial charge is 0.484 e. The third-order valence-electron chi connectivity index (χ3n) is 4.83. The standard InChI is InChI=1S/C21H25ClN2O2/c1-3-17-6-4-5-16(2)21(17)24-13-11-23(12-14-24)20(25)15-26-19-9-7-18(22)8-10-19/h4-10H,3,11-15H2,1-2H3. The maximum absolute atomic E-state index is 12.4. The first kappa shape index (κ1) is 18.6. The van der Waals surface area contributed by atoms with Gasteiger partial charge in [0.1, 0.15) is 5.75 Å². The van der Waals surface area contributed by atoms with Gasteiger partial charge in [-0.15, -0.1) is 0 Å². The van der Waals surface area contributed by atoms with Crippen molar-refractivity contribution in [3.05, 3.63) is 58.6 Å². The van der Waals surface area contributed by atoms with E-state index in [1.165, 1.54) is 16.8 Å². The highest BCUT2D eigenvalue weighted by atomic mass is 35.5. The van der Waals surface area contributed by atoms with Crippen LogP contribution in [0.15, 0.2) is 42.5 Å². The number of ether oxygens (including phenoxy) is 1. The molecule has 1 heterocycles. The third kappa shape index (κ3) is 4.31. The fourth-order valence-corrected chi connectivity index (χ4v) is 3.53. The Morgan fingerprint density at radius 3 is 2.42 bits per heavy atom. The van der Waals surface area contributed by atoms with E-state index in [0.29, 0.717) is 10.8 Å². The first-order valence-corrected chi connectivity index (χ1v) is 9.46. The number of anilines is 1. The molecule has 0 aromatic heterocycles. The molecule has 1 aliphatic heterocycles. The van der Waals surface area contributed by atoms with Crippen LogP contribution in [0.5, 0.6) is 5.75 Å². The number of aryl methyl sites for hydroxylation is 2. The van der Waals surface area contributed by atoms with E-state index in [1.54, 1.807) is 24.3 Å². The van der Waals surface area contributed by atoms with Gasteiger partial charge >= 0.3 is 0 Å². The van der Waals surface area contributed by atoms with Gasteiger partial charge < -0.3 is 14.5 Å². The first-order valence-electron chi connectivity index (χ1n) is 9.08. The van der Waals surface area contributed by atoms with E-state index < -0.39 is 0 Å². The fourth-order valence-electron chi connectivity index (χ4n) is 3.40. The zero-order valence-electron chi connectivity index (χ0n) is 15.4. The lowest BCUT2D eigenvalue weighted by atomic mass is 10.0. The number of nitrogens with zero attached hydrogens (tertiary/aromatic N) is 2. The Morgan fingerprint density at radius 2 is 1.77 bits per heavy atom. The van der Waals surface area contributed by atoms with Crippen molar-refractivity contribution in [2.45, 2.75) is 20.3 Å². The van der Waals surface area contributed by atoms with Crippen molar-refractivity contribution < 1.29 is 9.53 Å². The molecule has 0 atom stereocenters. The Labute approximate surface area is 160 Å². The number of amides is 1. The predicted molar refractivity (Wildman–Crippen MR) is 106 cm³/mol. The number of carbonyl (C=O) groups excluding carboxylic acids is 1. The number of hydrogen-bond donors (Lipinski definition) is 0. The summed E-state index contributed by atoms with van der Waals surface area (Å²) < 4.78 is 5.58. The summed E-state index contributed by atoms with van der Waals surface area (Å²) in [5.41, 5.74) is 4.01. The minimum atomic E-state index is 0.0279. The molecule has 2 aromatic rings. The zero-order valence-corrected chi connectivity index (χ0v) is 16.1. The van der Waals surface area contributed by atoms with Crippen LogP contribution >= 0.6 is 11.6 Å². The van der Waals surface area contributed by atoms with Gasteiger partial charge in [0.25, 0.3) is 5.91 Å². The average molecular weight is 373 g/mol. The smallest absolute Gasteiger partial charge is 0.260 e. The van der Waals surface area contributed by atoms with Gasteiger partial charge in [0.15, 0.2) is 6.61 Å². The summed E-state index contributed by atoms with van der Waals surface area (Å²) in [6, 6.07) is 13.5. The summed E-state index contributed by atoms with van der Waals surface area (Å²) in [5, 5.41) is 0.655. The highest BCUT2D eigenvalue weighted by Crippen LogP contribution is 2.26. The van der Waals surface area contributed by atoms with E-state index in [2.05, 4.69) is 36.9 Å². The molecular formula is C21H25ClN2O2. The van der Waals surface area contributed by atoms with Gasteiger partial charge in [0.2, 0.25) is 0 Å². The van der Waals surface area contributed by atoms with Gasteiger partial charge in [-0.05, 0) is 48.7 Å². The van der Waals surface area contributed by atoms with E-state index in [4.69, 9.17) is 16.3 Å². The Bertz CT molecular complexity index is 753. The fraction of sp³-hybridized carbons (Fsp3) is 0.381. The Morgan fingerprint density at radius 1 is 1.08 bits per heavy atom. The molecule has 1 fully saturated rings. The van der Waals surface area contributed by atoms with Crippen molar-refractivity contribution >= 4 is 23.2 Å². The third-order valence-corrected chi connectivity index (χ3v) is 5.08. The second-order valence-corrected chi connectivity index (χ2v) is 6.98. The van der Waals surface area contributed by atoms with Crippen LogP contribution in [0.2, 0.25) is 5.02 Å². The summed E-state index contributed by atoms with van der Waals surface area (Å²) in [6.07, 6.45) is 1.02. The molecule has 0 N–H and O–H groups in total. The highest BCUT2D eigenvalue weighted by Gasteiger charge is 2.23. The normalized spacial score (nSPS) is 14.4. The summed E-state index contributed by atoms with van der Waals surface area (Å²) in [4.78, 5) is 16.7. The lowest BCUT2D eigenvalue weighted by Gasteiger charge is -2.37. The number of benzene rings is 2. The van der Waals surface area contributed by atoms with Crippen molar-refractivity contribution in [2.75, 3.05) is 37.7 Å². The van der Waals surface area contributed by atoms with E-state index in [0.717, 1.165) is 32.6 Å². The summed E-state index contributed by atoms with van der Waals surface area (Å²) in [6.45, 7) is 7.56. The average Bonchev–Trinajstić information content (AvgIpc) is 2.67. The summed E-state index contributed by atoms with van der Waals surface area (Å²) in [5.74, 6) is 0.689. The van der Waals surface area contributed by atoms with Crippen LogP contribution in [0.4, 0.5) is 5.69 Å². The topological polar surface area (TPSA) is 32.8 Å². The van der Waals surface area contributed by atoms with E-state index in [9.17, 15) is 4.79 Å². The lowest BCUT2D eigenvalue weighted by molar-refractivity contribution is -0.133. The second-order valence-electron chi connectivity index (χ2n) is 6.55. The number of piperazine rings is 1. The molecule has 26 heavy (non-hydrogen) atoms. The van der Waals surface area contributed by atoms with Crippen LogP contribution in [0, 0.1) is 6.92 Å². The zero-order chi connectivity index (χ0) is 18.5. The van der Waals surface area contributed by atoms with Gasteiger partial charge in [-0.1, -0.05) is 36.7 Å². The molecule has 2 aromatic carbocycles. The molecule has 5 heteroatoms. The van der Waals surface area contributed by atoms with Crippen molar-refractivity contribution in [2.24, 2.45) is 0 Å². The number of hydrogen-bond acceptors (Lipinski definition) is 3. The highest BCUT2D eigenvalue weighted by molar-refractivity contribution is 6.30. The lowest BCUT2D eigenvalue weighted by Crippen LogP contribution is -2.50. The van der Waals surface area contributed by atoms with E-state index in [1.807, 2.05) is 4.90 Å². The Kier molecular flexibility index (Phi) is 6.04. The Balaban J connectivity index is 1.55. The number of para-hydroxylation sites is 1. The van der Waals surface area contributed by atoms with Crippen molar-refractivity contribution in [3.8, 4) is 5.75 Å². The van der Waals surface area contributed by atoms with Crippen LogP contribution in [-0.2, 0) is 11.2 Å². The molecule has 1 amide bonds. The van der Waals surface area contributed by atoms with E-state index in [-0.39, 0.29) is 12.5 Å². The molecule has 0 bridgehead atoms. The summed E-state index contributed by atoms with van der Waals surface area (Å²) >= 11 is 5.86. The molecule has 0 radical (unpaired) electrons. The van der Waals surface area contributed by atoms with Gasteiger partial charge in [-0.2, -0.15) is 0 Å². The first-order chi connectivity index (χ1) is 12.6. The van der Waals surface area contributed by atoms with Crippen LogP contribution < -0.4 is 9.64 Å².